The summed E-state index contributed by atoms with van der Waals surface area (Å²) in [7, 11) is 0. The molecular formula is C9H15ClF3NO. The van der Waals surface area contributed by atoms with Crippen LogP contribution in [0.3, 0.4) is 0 Å². The van der Waals surface area contributed by atoms with Gasteiger partial charge in [-0.2, -0.15) is 13.2 Å². The molecule has 0 aromatic heterocycles. The highest BCUT2D eigenvalue weighted by Crippen LogP contribution is 2.22. The number of nitrogens with one attached hydrogen (secondary N) is 1. The zero-order chi connectivity index (χ0) is 12.3. The lowest BCUT2D eigenvalue weighted by molar-refractivity contribution is -0.143. The third kappa shape index (κ3) is 5.87. The molecule has 0 radical (unpaired) electrons. The van der Waals surface area contributed by atoms with Gasteiger partial charge in [-0.15, -0.1) is 11.6 Å². The van der Waals surface area contributed by atoms with Gasteiger partial charge in [0.2, 0.25) is 5.91 Å². The number of hydrogen-bond acceptors (Lipinski definition) is 1. The van der Waals surface area contributed by atoms with Gasteiger partial charge in [-0.1, -0.05) is 0 Å². The van der Waals surface area contributed by atoms with E-state index in [1.165, 1.54) is 6.92 Å². The molecular weight excluding hydrogens is 231 g/mol. The van der Waals surface area contributed by atoms with Gasteiger partial charge < -0.3 is 5.32 Å². The SMILES string of the molecule is CC(CC(F)(F)F)NC(=O)C(C)(C)CCl. The summed E-state index contributed by atoms with van der Waals surface area (Å²) < 4.78 is 35.9. The Hall–Kier alpha value is -0.450. The molecule has 0 aliphatic carbocycles. The summed E-state index contributed by atoms with van der Waals surface area (Å²) in [6.07, 6.45) is -5.30. The maximum absolute atomic E-state index is 12.0. The number of hydrogen-bond donors (Lipinski definition) is 1. The third-order valence-corrected chi connectivity index (χ3v) is 2.53. The Bertz CT molecular complexity index is 228. The Kier molecular flexibility index (Phi) is 4.90. The van der Waals surface area contributed by atoms with E-state index in [-0.39, 0.29) is 5.88 Å². The molecule has 15 heavy (non-hydrogen) atoms. The van der Waals surface area contributed by atoms with Crippen molar-refractivity contribution in [3.63, 3.8) is 0 Å². The van der Waals surface area contributed by atoms with E-state index in [0.29, 0.717) is 0 Å². The second-order valence-corrected chi connectivity index (χ2v) is 4.48. The highest BCUT2D eigenvalue weighted by molar-refractivity contribution is 6.19. The first-order valence-corrected chi connectivity index (χ1v) is 5.05. The first-order valence-electron chi connectivity index (χ1n) is 4.52. The highest BCUT2D eigenvalue weighted by atomic mass is 35.5. The van der Waals surface area contributed by atoms with Gasteiger partial charge in [-0.05, 0) is 20.8 Å². The van der Waals surface area contributed by atoms with E-state index in [0.717, 1.165) is 0 Å². The summed E-state index contributed by atoms with van der Waals surface area (Å²) in [4.78, 5) is 11.4. The summed E-state index contributed by atoms with van der Waals surface area (Å²) in [6.45, 7) is 4.47. The monoisotopic (exact) mass is 245 g/mol. The molecule has 2 nitrogen and oxygen atoms in total. The van der Waals surface area contributed by atoms with Gasteiger partial charge in [0.15, 0.2) is 0 Å². The van der Waals surface area contributed by atoms with E-state index < -0.39 is 30.0 Å². The first-order chi connectivity index (χ1) is 6.58. The topological polar surface area (TPSA) is 29.1 Å². The number of carbonyl (C=O) groups excluding carboxylic acids is 1. The smallest absolute Gasteiger partial charge is 0.353 e. The van der Waals surface area contributed by atoms with Crippen LogP contribution in [-0.2, 0) is 4.79 Å². The third-order valence-electron chi connectivity index (χ3n) is 1.86. The van der Waals surface area contributed by atoms with Crippen LogP contribution in [0.2, 0.25) is 0 Å². The Morgan fingerprint density at radius 2 is 1.87 bits per heavy atom. The van der Waals surface area contributed by atoms with Crippen LogP contribution in [-0.4, -0.2) is 24.0 Å². The molecule has 6 heteroatoms. The van der Waals surface area contributed by atoms with E-state index in [1.807, 2.05) is 0 Å². The van der Waals surface area contributed by atoms with Crippen molar-refractivity contribution in [1.29, 1.82) is 0 Å². The van der Waals surface area contributed by atoms with Crippen LogP contribution in [0.4, 0.5) is 13.2 Å². The van der Waals surface area contributed by atoms with Gasteiger partial charge in [0.25, 0.3) is 0 Å². The Balaban J connectivity index is 4.20. The number of rotatable bonds is 4. The van der Waals surface area contributed by atoms with Crippen molar-refractivity contribution < 1.29 is 18.0 Å². The number of amides is 1. The quantitative estimate of drug-likeness (QED) is 0.758. The molecule has 0 bridgehead atoms. The molecule has 1 atom stereocenters. The van der Waals surface area contributed by atoms with Crippen LogP contribution < -0.4 is 5.32 Å². The van der Waals surface area contributed by atoms with E-state index in [4.69, 9.17) is 11.6 Å². The summed E-state index contributed by atoms with van der Waals surface area (Å²) in [5.41, 5.74) is -0.846. The lowest BCUT2D eigenvalue weighted by Gasteiger charge is -2.24. The van der Waals surface area contributed by atoms with Crippen LogP contribution >= 0.6 is 11.6 Å². The van der Waals surface area contributed by atoms with E-state index in [1.54, 1.807) is 13.8 Å². The fraction of sp³-hybridized carbons (Fsp3) is 0.889. The zero-order valence-corrected chi connectivity index (χ0v) is 9.67. The fourth-order valence-electron chi connectivity index (χ4n) is 0.878. The normalized spacial score (nSPS) is 14.9. The second-order valence-electron chi connectivity index (χ2n) is 4.21. The molecule has 0 rings (SSSR count). The van der Waals surface area contributed by atoms with Gasteiger partial charge in [-0.25, -0.2) is 0 Å². The molecule has 0 saturated heterocycles. The van der Waals surface area contributed by atoms with Gasteiger partial charge >= 0.3 is 6.18 Å². The Morgan fingerprint density at radius 3 is 2.20 bits per heavy atom. The molecule has 0 fully saturated rings. The number of carbonyl (C=O) groups is 1. The molecule has 1 N–H and O–H groups in total. The van der Waals surface area contributed by atoms with Crippen molar-refractivity contribution in [2.45, 2.75) is 39.4 Å². The zero-order valence-electron chi connectivity index (χ0n) is 8.91. The van der Waals surface area contributed by atoms with Crippen LogP contribution in [0.1, 0.15) is 27.2 Å². The van der Waals surface area contributed by atoms with Crippen molar-refractivity contribution in [2.75, 3.05) is 5.88 Å². The molecule has 0 aromatic rings. The van der Waals surface area contributed by atoms with Crippen molar-refractivity contribution in [3.05, 3.63) is 0 Å². The minimum Gasteiger partial charge on any atom is -0.353 e. The predicted octanol–water partition coefficient (Wildman–Crippen LogP) is 2.71. The van der Waals surface area contributed by atoms with Crippen LogP contribution in [0.25, 0.3) is 0 Å². The van der Waals surface area contributed by atoms with Crippen LogP contribution in [0.15, 0.2) is 0 Å². The Morgan fingerprint density at radius 1 is 1.40 bits per heavy atom. The van der Waals surface area contributed by atoms with Crippen molar-refractivity contribution in [3.8, 4) is 0 Å². The minimum absolute atomic E-state index is 0.0670. The average Bonchev–Trinajstić information content (AvgIpc) is 2.00. The first kappa shape index (κ1) is 14.6. The van der Waals surface area contributed by atoms with Crippen molar-refractivity contribution >= 4 is 17.5 Å². The van der Waals surface area contributed by atoms with Crippen LogP contribution in [0, 0.1) is 5.41 Å². The van der Waals surface area contributed by atoms with E-state index >= 15 is 0 Å². The van der Waals surface area contributed by atoms with Crippen molar-refractivity contribution in [1.82, 2.24) is 5.32 Å². The molecule has 0 saturated carbocycles. The Labute approximate surface area is 92.2 Å². The summed E-state index contributed by atoms with van der Waals surface area (Å²) in [6, 6.07) is -0.931. The molecule has 90 valence electrons. The molecule has 0 spiro atoms. The molecule has 0 aliphatic rings. The summed E-state index contributed by atoms with van der Waals surface area (Å²) in [5, 5.41) is 2.28. The predicted molar refractivity (Wildman–Crippen MR) is 52.8 cm³/mol. The molecule has 0 heterocycles. The minimum atomic E-state index is -4.27. The lowest BCUT2D eigenvalue weighted by atomic mass is 9.95. The summed E-state index contributed by atoms with van der Waals surface area (Å²) >= 11 is 5.52. The summed E-state index contributed by atoms with van der Waals surface area (Å²) in [5.74, 6) is -0.397. The standard InChI is InChI=1S/C9H15ClF3NO/c1-6(4-9(11,12)13)14-7(15)8(2,3)5-10/h6H,4-5H2,1-3H3,(H,14,15). The number of halogens is 4. The second kappa shape index (κ2) is 5.05. The highest BCUT2D eigenvalue weighted by Gasteiger charge is 2.33. The lowest BCUT2D eigenvalue weighted by Crippen LogP contribution is -2.44. The maximum atomic E-state index is 12.0. The molecule has 0 aliphatic heterocycles. The molecule has 0 aromatic carbocycles. The molecule has 1 unspecified atom stereocenters. The van der Waals surface area contributed by atoms with Gasteiger partial charge in [0.1, 0.15) is 0 Å². The van der Waals surface area contributed by atoms with Crippen molar-refractivity contribution in [2.24, 2.45) is 5.41 Å². The fourth-order valence-corrected chi connectivity index (χ4v) is 0.999. The average molecular weight is 246 g/mol. The maximum Gasteiger partial charge on any atom is 0.391 e. The largest absolute Gasteiger partial charge is 0.391 e. The van der Waals surface area contributed by atoms with Gasteiger partial charge in [0, 0.05) is 11.9 Å². The van der Waals surface area contributed by atoms with E-state index in [2.05, 4.69) is 5.32 Å². The number of alkyl halides is 4. The van der Waals surface area contributed by atoms with Gasteiger partial charge in [0.05, 0.1) is 11.8 Å². The van der Waals surface area contributed by atoms with Gasteiger partial charge in [-0.3, -0.25) is 4.79 Å². The van der Waals surface area contributed by atoms with E-state index in [9.17, 15) is 18.0 Å². The van der Waals surface area contributed by atoms with Crippen LogP contribution in [0.5, 0.6) is 0 Å². The molecule has 1 amide bonds.